The lowest BCUT2D eigenvalue weighted by atomic mass is 10.1. The lowest BCUT2D eigenvalue weighted by molar-refractivity contribution is 0.905. The first-order valence-electron chi connectivity index (χ1n) is 5.81. The summed E-state index contributed by atoms with van der Waals surface area (Å²) in [5.41, 5.74) is 4.15. The maximum atomic E-state index is 3.95. The zero-order valence-electron chi connectivity index (χ0n) is 10.6. The molecule has 0 aromatic rings. The summed E-state index contributed by atoms with van der Waals surface area (Å²) in [7, 11) is 0. The minimum atomic E-state index is 0.866. The van der Waals surface area contributed by atoms with Crippen LogP contribution in [0.3, 0.4) is 0 Å². The Kier molecular flexibility index (Phi) is 8.08. The van der Waals surface area contributed by atoms with Gasteiger partial charge in [0.1, 0.15) is 0 Å². The number of allylic oxidation sites excluding steroid dienone is 5. The summed E-state index contributed by atoms with van der Waals surface area (Å²) in [6.07, 6.45) is 10.1. The minimum Gasteiger partial charge on any atom is -0.339 e. The molecule has 0 heterocycles. The zero-order valence-corrected chi connectivity index (χ0v) is 10.6. The molecule has 0 aliphatic rings. The van der Waals surface area contributed by atoms with Gasteiger partial charge in [0.25, 0.3) is 0 Å². The molecule has 0 amide bonds. The van der Waals surface area contributed by atoms with Crippen molar-refractivity contribution in [3.8, 4) is 0 Å². The second-order valence-electron chi connectivity index (χ2n) is 4.41. The summed E-state index contributed by atoms with van der Waals surface area (Å²) >= 11 is 0. The van der Waals surface area contributed by atoms with Crippen LogP contribution in [0.2, 0.25) is 0 Å². The van der Waals surface area contributed by atoms with E-state index in [0.717, 1.165) is 19.3 Å². The summed E-state index contributed by atoms with van der Waals surface area (Å²) < 4.78 is 0. The van der Waals surface area contributed by atoms with Crippen LogP contribution in [0, 0.1) is 6.92 Å². The Morgan fingerprint density at radius 2 is 1.67 bits per heavy atom. The molecule has 0 radical (unpaired) electrons. The summed E-state index contributed by atoms with van der Waals surface area (Å²) in [4.78, 5) is 0. The van der Waals surface area contributed by atoms with E-state index in [1.165, 1.54) is 29.6 Å². The summed E-state index contributed by atoms with van der Waals surface area (Å²) in [5.74, 6) is 0. The van der Waals surface area contributed by atoms with Gasteiger partial charge >= 0.3 is 0 Å². The molecule has 0 fully saturated rings. The standard InChI is InChI=1S/C15H25/c1-6-14(4)10-8-12-15(5)11-7-9-13(2)3/h9,12H,1,4,6-8,10-11H2,2-3,5H3/q-1/b15-12+. The van der Waals surface area contributed by atoms with E-state index >= 15 is 0 Å². The molecule has 0 aliphatic heterocycles. The predicted octanol–water partition coefficient (Wildman–Crippen LogP) is 5.24. The Morgan fingerprint density at radius 3 is 2.20 bits per heavy atom. The van der Waals surface area contributed by atoms with Crippen molar-refractivity contribution < 1.29 is 0 Å². The Morgan fingerprint density at radius 1 is 1.07 bits per heavy atom. The molecule has 0 unspecified atom stereocenters. The molecule has 15 heavy (non-hydrogen) atoms. The normalized spacial score (nSPS) is 11.3. The largest absolute Gasteiger partial charge is 0.339 e. The van der Waals surface area contributed by atoms with Gasteiger partial charge in [-0.05, 0) is 46.5 Å². The zero-order chi connectivity index (χ0) is 11.7. The van der Waals surface area contributed by atoms with E-state index in [4.69, 9.17) is 0 Å². The van der Waals surface area contributed by atoms with Crippen LogP contribution in [0.15, 0.2) is 35.5 Å². The van der Waals surface area contributed by atoms with Crippen LogP contribution in [0.25, 0.3) is 0 Å². The molecule has 0 aromatic heterocycles. The molecule has 0 heteroatoms. The maximum absolute atomic E-state index is 3.95. The fraction of sp³-hybridized carbons (Fsp3) is 0.533. The van der Waals surface area contributed by atoms with Crippen LogP contribution < -0.4 is 0 Å². The van der Waals surface area contributed by atoms with Gasteiger partial charge in [-0.25, -0.2) is 0 Å². The van der Waals surface area contributed by atoms with Crippen molar-refractivity contribution in [2.45, 2.75) is 52.9 Å². The van der Waals surface area contributed by atoms with E-state index in [1.807, 2.05) is 0 Å². The fourth-order valence-corrected chi connectivity index (χ4v) is 1.34. The molecule has 0 saturated carbocycles. The molecule has 0 N–H and O–H groups in total. The van der Waals surface area contributed by atoms with Gasteiger partial charge in [0.05, 0.1) is 0 Å². The summed E-state index contributed by atoms with van der Waals surface area (Å²) in [5, 5.41) is 0. The van der Waals surface area contributed by atoms with Crippen molar-refractivity contribution in [3.05, 3.63) is 42.4 Å². The Hall–Kier alpha value is -0.780. The molecule has 0 rings (SSSR count). The molecular weight excluding hydrogens is 180 g/mol. The predicted molar refractivity (Wildman–Crippen MR) is 70.8 cm³/mol. The van der Waals surface area contributed by atoms with E-state index in [-0.39, 0.29) is 0 Å². The van der Waals surface area contributed by atoms with Crippen LogP contribution >= 0.6 is 0 Å². The Bertz CT molecular complexity index is 237. The SMILES string of the molecule is C=C(C[CH2-])CC/C=C(\C)CCC=C(C)C. The number of hydrogen-bond acceptors (Lipinski definition) is 0. The van der Waals surface area contributed by atoms with Crippen LogP contribution in [-0.4, -0.2) is 0 Å². The van der Waals surface area contributed by atoms with E-state index in [0.29, 0.717) is 0 Å². The van der Waals surface area contributed by atoms with Gasteiger partial charge in [0, 0.05) is 0 Å². The average Bonchev–Trinajstić information content (AvgIpc) is 2.17. The van der Waals surface area contributed by atoms with Gasteiger partial charge in [-0.1, -0.05) is 23.3 Å². The van der Waals surface area contributed by atoms with Crippen LogP contribution in [0.5, 0.6) is 0 Å². The third kappa shape index (κ3) is 9.52. The third-order valence-electron chi connectivity index (χ3n) is 2.44. The van der Waals surface area contributed by atoms with Gasteiger partial charge in [-0.2, -0.15) is 6.42 Å². The van der Waals surface area contributed by atoms with Gasteiger partial charge in [-0.15, -0.1) is 12.2 Å². The number of rotatable bonds is 7. The molecule has 0 aliphatic carbocycles. The van der Waals surface area contributed by atoms with Gasteiger partial charge in [0.15, 0.2) is 0 Å². The summed E-state index contributed by atoms with van der Waals surface area (Å²) in [6.45, 7) is 14.3. The maximum Gasteiger partial charge on any atom is -0.0288 e. The highest BCUT2D eigenvalue weighted by Crippen LogP contribution is 2.11. The van der Waals surface area contributed by atoms with Gasteiger partial charge in [-0.3, -0.25) is 0 Å². The fourth-order valence-electron chi connectivity index (χ4n) is 1.34. The second kappa shape index (κ2) is 8.52. The minimum absolute atomic E-state index is 0.866. The molecule has 0 nitrogen and oxygen atoms in total. The molecule has 86 valence electrons. The van der Waals surface area contributed by atoms with Gasteiger partial charge in [0.2, 0.25) is 0 Å². The molecular formula is C15H25-. The monoisotopic (exact) mass is 205 g/mol. The van der Waals surface area contributed by atoms with Gasteiger partial charge < -0.3 is 6.92 Å². The lowest BCUT2D eigenvalue weighted by Gasteiger charge is -2.03. The first-order chi connectivity index (χ1) is 7.06. The number of hydrogen-bond donors (Lipinski definition) is 0. The van der Waals surface area contributed by atoms with Crippen molar-refractivity contribution in [2.75, 3.05) is 0 Å². The molecule has 0 bridgehead atoms. The molecule has 0 atom stereocenters. The first-order valence-corrected chi connectivity index (χ1v) is 5.81. The van der Waals surface area contributed by atoms with E-state index in [2.05, 4.69) is 46.4 Å². The van der Waals surface area contributed by atoms with Crippen LogP contribution in [0.4, 0.5) is 0 Å². The van der Waals surface area contributed by atoms with Crippen LogP contribution in [-0.2, 0) is 0 Å². The third-order valence-corrected chi connectivity index (χ3v) is 2.44. The quantitative estimate of drug-likeness (QED) is 0.394. The van der Waals surface area contributed by atoms with E-state index < -0.39 is 0 Å². The Balaban J connectivity index is 3.70. The molecule has 0 aromatic carbocycles. The second-order valence-corrected chi connectivity index (χ2v) is 4.41. The van der Waals surface area contributed by atoms with Crippen molar-refractivity contribution in [1.29, 1.82) is 0 Å². The van der Waals surface area contributed by atoms with Crippen molar-refractivity contribution in [3.63, 3.8) is 0 Å². The summed E-state index contributed by atoms with van der Waals surface area (Å²) in [6, 6.07) is 0. The smallest absolute Gasteiger partial charge is 0.0288 e. The highest BCUT2D eigenvalue weighted by molar-refractivity contribution is 5.04. The van der Waals surface area contributed by atoms with Crippen LogP contribution in [0.1, 0.15) is 52.9 Å². The highest BCUT2D eigenvalue weighted by Gasteiger charge is 1.90. The molecule has 0 saturated heterocycles. The highest BCUT2D eigenvalue weighted by atomic mass is 14.0. The Labute approximate surface area is 95.8 Å². The molecule has 0 spiro atoms. The van der Waals surface area contributed by atoms with Crippen molar-refractivity contribution in [2.24, 2.45) is 0 Å². The van der Waals surface area contributed by atoms with Crippen molar-refractivity contribution in [1.82, 2.24) is 0 Å². The van der Waals surface area contributed by atoms with E-state index in [1.54, 1.807) is 0 Å². The average molecular weight is 205 g/mol. The topological polar surface area (TPSA) is 0 Å². The van der Waals surface area contributed by atoms with E-state index in [9.17, 15) is 0 Å². The first kappa shape index (κ1) is 14.2. The lowest BCUT2D eigenvalue weighted by Crippen LogP contribution is -1.81. The van der Waals surface area contributed by atoms with Crippen molar-refractivity contribution >= 4 is 0 Å².